The van der Waals surface area contributed by atoms with Crippen LogP contribution in [0.2, 0.25) is 0 Å². The minimum absolute atomic E-state index is 0.248. The highest BCUT2D eigenvalue weighted by atomic mass is 79.9. The highest BCUT2D eigenvalue weighted by Gasteiger charge is 2.35. The van der Waals surface area contributed by atoms with E-state index >= 15 is 0 Å². The van der Waals surface area contributed by atoms with Crippen LogP contribution in [0.5, 0.6) is 0 Å². The predicted octanol–water partition coefficient (Wildman–Crippen LogP) is 5.88. The van der Waals surface area contributed by atoms with Crippen molar-refractivity contribution in [2.45, 2.75) is 39.7 Å². The first-order valence-corrected chi connectivity index (χ1v) is 8.37. The van der Waals surface area contributed by atoms with Crippen molar-refractivity contribution in [1.82, 2.24) is 0 Å². The summed E-state index contributed by atoms with van der Waals surface area (Å²) < 4.78 is 1.13. The van der Waals surface area contributed by atoms with Crippen molar-refractivity contribution in [2.24, 2.45) is 5.41 Å². The largest absolute Gasteiger partial charge is 0.377 e. The average Bonchev–Trinajstić information content (AvgIpc) is 2.46. The third-order valence-corrected chi connectivity index (χ3v) is 5.30. The van der Waals surface area contributed by atoms with Crippen LogP contribution < -0.4 is 5.32 Å². The van der Waals surface area contributed by atoms with E-state index in [0.29, 0.717) is 6.04 Å². The number of rotatable bonds is 2. The lowest BCUT2D eigenvalue weighted by molar-refractivity contribution is 0.265. The van der Waals surface area contributed by atoms with Gasteiger partial charge in [0.1, 0.15) is 0 Å². The first kappa shape index (κ1) is 14.6. The Labute approximate surface area is 135 Å². The molecule has 0 amide bonds. The maximum absolute atomic E-state index is 3.79. The molecule has 110 valence electrons. The first-order chi connectivity index (χ1) is 9.97. The lowest BCUT2D eigenvalue weighted by Crippen LogP contribution is -2.33. The molecule has 0 radical (unpaired) electrons. The molecule has 0 fully saturated rings. The molecule has 0 heterocycles. The van der Waals surface area contributed by atoms with Crippen LogP contribution in [-0.4, -0.2) is 0 Å². The van der Waals surface area contributed by atoms with E-state index in [2.05, 4.69) is 84.5 Å². The van der Waals surface area contributed by atoms with Crippen LogP contribution in [0, 0.1) is 12.3 Å². The van der Waals surface area contributed by atoms with Crippen LogP contribution in [-0.2, 0) is 6.42 Å². The summed E-state index contributed by atoms with van der Waals surface area (Å²) in [5, 5.41) is 3.79. The fraction of sp³-hybridized carbons (Fsp3) is 0.368. The fourth-order valence-electron chi connectivity index (χ4n) is 3.24. The zero-order valence-corrected chi connectivity index (χ0v) is 14.5. The second-order valence-electron chi connectivity index (χ2n) is 6.75. The van der Waals surface area contributed by atoms with Gasteiger partial charge >= 0.3 is 0 Å². The van der Waals surface area contributed by atoms with Crippen LogP contribution >= 0.6 is 15.9 Å². The first-order valence-electron chi connectivity index (χ1n) is 7.58. The number of benzene rings is 2. The Morgan fingerprint density at radius 2 is 1.90 bits per heavy atom. The molecule has 0 aromatic heterocycles. The molecule has 0 aliphatic heterocycles. The van der Waals surface area contributed by atoms with E-state index < -0.39 is 0 Å². The molecule has 0 spiro atoms. The van der Waals surface area contributed by atoms with Crippen molar-refractivity contribution < 1.29 is 0 Å². The fourth-order valence-corrected chi connectivity index (χ4v) is 3.61. The van der Waals surface area contributed by atoms with E-state index in [-0.39, 0.29) is 5.41 Å². The van der Waals surface area contributed by atoms with Crippen molar-refractivity contribution in [2.75, 3.05) is 5.32 Å². The third-order valence-electron chi connectivity index (χ3n) is 4.61. The summed E-state index contributed by atoms with van der Waals surface area (Å²) >= 11 is 3.67. The topological polar surface area (TPSA) is 12.0 Å². The molecule has 0 saturated carbocycles. The van der Waals surface area contributed by atoms with Gasteiger partial charge in [-0.05, 0) is 69.9 Å². The molecule has 1 aliphatic carbocycles. The van der Waals surface area contributed by atoms with Gasteiger partial charge in [-0.3, -0.25) is 0 Å². The van der Waals surface area contributed by atoms with E-state index in [1.807, 2.05) is 0 Å². The van der Waals surface area contributed by atoms with Crippen molar-refractivity contribution in [3.05, 3.63) is 63.6 Å². The molecule has 21 heavy (non-hydrogen) atoms. The molecule has 1 N–H and O–H groups in total. The van der Waals surface area contributed by atoms with Crippen molar-refractivity contribution in [1.29, 1.82) is 0 Å². The summed E-state index contributed by atoms with van der Waals surface area (Å²) in [7, 11) is 0. The molecule has 1 aliphatic rings. The van der Waals surface area contributed by atoms with Crippen molar-refractivity contribution >= 4 is 21.6 Å². The van der Waals surface area contributed by atoms with Gasteiger partial charge in [-0.1, -0.05) is 44.2 Å². The Balaban J connectivity index is 2.01. The van der Waals surface area contributed by atoms with Crippen LogP contribution in [0.3, 0.4) is 0 Å². The van der Waals surface area contributed by atoms with Crippen LogP contribution in [0.4, 0.5) is 5.69 Å². The summed E-state index contributed by atoms with van der Waals surface area (Å²) in [6.07, 6.45) is 2.39. The number of anilines is 1. The maximum atomic E-state index is 3.79. The zero-order chi connectivity index (χ0) is 15.0. The molecule has 2 aromatic carbocycles. The number of fused-ring (bicyclic) bond motifs is 1. The summed E-state index contributed by atoms with van der Waals surface area (Å²) in [6.45, 7) is 6.87. The molecule has 1 unspecified atom stereocenters. The van der Waals surface area contributed by atoms with E-state index in [4.69, 9.17) is 0 Å². The molecule has 0 bridgehead atoms. The highest BCUT2D eigenvalue weighted by Crippen LogP contribution is 2.45. The Morgan fingerprint density at radius 1 is 1.14 bits per heavy atom. The molecular weight excluding hydrogens is 322 g/mol. The van der Waals surface area contributed by atoms with Crippen LogP contribution in [0.1, 0.15) is 43.0 Å². The predicted molar refractivity (Wildman–Crippen MR) is 93.8 cm³/mol. The monoisotopic (exact) mass is 343 g/mol. The number of hydrogen-bond donors (Lipinski definition) is 1. The van der Waals surface area contributed by atoms with Gasteiger partial charge in [-0.25, -0.2) is 0 Å². The van der Waals surface area contributed by atoms with Crippen molar-refractivity contribution in [3.63, 3.8) is 0 Å². The number of aryl methyl sites for hydroxylation is 2. The Hall–Kier alpha value is -1.28. The molecule has 2 aromatic rings. The second kappa shape index (κ2) is 5.49. The standard InChI is InChI=1S/C19H22BrN/c1-13-8-9-16(20)17(12-13)21-18-15-7-5-4-6-14(15)10-11-19(18,2)3/h4-9,12,18,21H,10-11H2,1-3H3. The molecular formula is C19H22BrN. The average molecular weight is 344 g/mol. The van der Waals surface area contributed by atoms with Gasteiger partial charge in [0.2, 0.25) is 0 Å². The quantitative estimate of drug-likeness (QED) is 0.717. The van der Waals surface area contributed by atoms with Crippen molar-refractivity contribution in [3.8, 4) is 0 Å². The summed E-state index contributed by atoms with van der Waals surface area (Å²) in [5.74, 6) is 0. The maximum Gasteiger partial charge on any atom is 0.0567 e. The van der Waals surface area contributed by atoms with Gasteiger partial charge in [0.05, 0.1) is 6.04 Å². The zero-order valence-electron chi connectivity index (χ0n) is 12.9. The summed E-state index contributed by atoms with van der Waals surface area (Å²) in [4.78, 5) is 0. The number of halogens is 1. The number of nitrogens with one attached hydrogen (secondary N) is 1. The van der Waals surface area contributed by atoms with E-state index in [1.165, 1.54) is 35.2 Å². The molecule has 3 rings (SSSR count). The Kier molecular flexibility index (Phi) is 3.83. The Morgan fingerprint density at radius 3 is 2.71 bits per heavy atom. The third kappa shape index (κ3) is 2.87. The lowest BCUT2D eigenvalue weighted by atomic mass is 9.70. The molecule has 2 heteroatoms. The number of hydrogen-bond acceptors (Lipinski definition) is 1. The van der Waals surface area contributed by atoms with Crippen LogP contribution in [0.25, 0.3) is 0 Å². The molecule has 1 atom stereocenters. The van der Waals surface area contributed by atoms with Gasteiger partial charge in [-0.15, -0.1) is 0 Å². The minimum Gasteiger partial charge on any atom is -0.377 e. The minimum atomic E-state index is 0.248. The normalized spacial score (nSPS) is 19.9. The van der Waals surface area contributed by atoms with Crippen LogP contribution in [0.15, 0.2) is 46.9 Å². The smallest absolute Gasteiger partial charge is 0.0567 e. The summed E-state index contributed by atoms with van der Waals surface area (Å²) in [6, 6.07) is 15.7. The second-order valence-corrected chi connectivity index (χ2v) is 7.60. The molecule has 0 saturated heterocycles. The van der Waals surface area contributed by atoms with Gasteiger partial charge in [0, 0.05) is 10.2 Å². The lowest BCUT2D eigenvalue weighted by Gasteiger charge is -2.41. The van der Waals surface area contributed by atoms with Gasteiger partial charge in [0.15, 0.2) is 0 Å². The highest BCUT2D eigenvalue weighted by molar-refractivity contribution is 9.10. The molecule has 1 nitrogen and oxygen atoms in total. The SMILES string of the molecule is Cc1ccc(Br)c(NC2c3ccccc3CCC2(C)C)c1. The van der Waals surface area contributed by atoms with E-state index in [1.54, 1.807) is 0 Å². The van der Waals surface area contributed by atoms with E-state index in [9.17, 15) is 0 Å². The summed E-state index contributed by atoms with van der Waals surface area (Å²) in [5.41, 5.74) is 5.64. The van der Waals surface area contributed by atoms with Gasteiger partial charge < -0.3 is 5.32 Å². The van der Waals surface area contributed by atoms with Gasteiger partial charge in [-0.2, -0.15) is 0 Å². The Bertz CT molecular complexity index is 660. The van der Waals surface area contributed by atoms with E-state index in [0.717, 1.165) is 4.47 Å². The van der Waals surface area contributed by atoms with Gasteiger partial charge in [0.25, 0.3) is 0 Å².